The summed E-state index contributed by atoms with van der Waals surface area (Å²) in [5.74, 6) is -0.436. The lowest BCUT2D eigenvalue weighted by molar-refractivity contribution is 0.621. The van der Waals surface area contributed by atoms with Crippen LogP contribution < -0.4 is 5.73 Å². The molecule has 0 unspecified atom stereocenters. The lowest BCUT2D eigenvalue weighted by atomic mass is 10.2. The average Bonchev–Trinajstić information content (AvgIpc) is 2.05. The maximum absolute atomic E-state index is 12.6. The fraction of sp³-hybridized carbons (Fsp3) is 0. The lowest BCUT2D eigenvalue weighted by Crippen LogP contribution is -1.97. The van der Waals surface area contributed by atoms with Gasteiger partial charge in [0.2, 0.25) is 0 Å². The molecule has 0 spiro atoms. The average molecular weight is 165 g/mol. The summed E-state index contributed by atoms with van der Waals surface area (Å²) in [6.07, 6.45) is 4.95. The molecular weight excluding hydrogens is 157 g/mol. The Morgan fingerprint density at radius 2 is 2.33 bits per heavy atom. The van der Waals surface area contributed by atoms with E-state index in [0.717, 1.165) is 12.4 Å². The Morgan fingerprint density at radius 3 is 2.92 bits per heavy atom. The largest absolute Gasteiger partial charge is 0.398 e. The van der Waals surface area contributed by atoms with Crippen LogP contribution in [-0.2, 0) is 0 Å². The highest BCUT2D eigenvalue weighted by molar-refractivity contribution is 5.81. The summed E-state index contributed by atoms with van der Waals surface area (Å²) in [7, 11) is 0. The van der Waals surface area contributed by atoms with Gasteiger partial charge < -0.3 is 11.1 Å². The topological polar surface area (TPSA) is 62.8 Å². The van der Waals surface area contributed by atoms with Crippen molar-refractivity contribution < 1.29 is 4.39 Å². The van der Waals surface area contributed by atoms with E-state index < -0.39 is 5.82 Å². The Morgan fingerprint density at radius 1 is 1.58 bits per heavy atom. The minimum atomic E-state index is -0.436. The van der Waals surface area contributed by atoms with E-state index in [1.165, 1.54) is 18.3 Å². The van der Waals surface area contributed by atoms with E-state index in [2.05, 4.69) is 4.98 Å². The molecule has 0 aliphatic rings. The van der Waals surface area contributed by atoms with E-state index in [0.29, 0.717) is 11.3 Å². The normalized spacial score (nSPS) is 11.2. The first-order valence-corrected chi connectivity index (χ1v) is 3.31. The summed E-state index contributed by atoms with van der Waals surface area (Å²) in [6.45, 7) is 0. The molecule has 4 heteroatoms. The fourth-order valence-corrected chi connectivity index (χ4v) is 0.756. The smallest absolute Gasteiger partial charge is 0.142 e. The Bertz CT molecular complexity index is 320. The van der Waals surface area contributed by atoms with Crippen LogP contribution in [0.5, 0.6) is 0 Å². The number of rotatable bonds is 2. The number of nitrogens with one attached hydrogen (secondary N) is 1. The van der Waals surface area contributed by atoms with Crippen LogP contribution in [0.3, 0.4) is 0 Å². The Balaban J connectivity index is 3.03. The van der Waals surface area contributed by atoms with Crippen molar-refractivity contribution in [2.45, 2.75) is 0 Å². The van der Waals surface area contributed by atoms with Crippen LogP contribution >= 0.6 is 0 Å². The molecule has 3 nitrogen and oxygen atoms in total. The molecule has 1 heterocycles. The van der Waals surface area contributed by atoms with Crippen LogP contribution in [-0.4, -0.2) is 11.2 Å². The van der Waals surface area contributed by atoms with Gasteiger partial charge in [-0.1, -0.05) is 0 Å². The van der Waals surface area contributed by atoms with Crippen molar-refractivity contribution in [1.82, 2.24) is 4.98 Å². The first-order chi connectivity index (χ1) is 5.74. The van der Waals surface area contributed by atoms with Crippen LogP contribution in [0, 0.1) is 11.2 Å². The van der Waals surface area contributed by atoms with Crippen LogP contribution in [0.25, 0.3) is 5.70 Å². The van der Waals surface area contributed by atoms with E-state index in [9.17, 15) is 4.39 Å². The SMILES string of the molecule is N=C/C=C(\N)c1cncc(F)c1. The van der Waals surface area contributed by atoms with Crippen molar-refractivity contribution in [3.05, 3.63) is 35.9 Å². The standard InChI is InChI=1S/C8H8FN3/c9-7-3-6(4-12-5-7)8(11)1-2-10/h1-5,10H,11H2/b8-1-,10-2?. The van der Waals surface area contributed by atoms with Crippen molar-refractivity contribution in [3.63, 3.8) is 0 Å². The van der Waals surface area contributed by atoms with Gasteiger partial charge in [0.1, 0.15) is 5.82 Å². The predicted molar refractivity (Wildman–Crippen MR) is 45.1 cm³/mol. The van der Waals surface area contributed by atoms with Gasteiger partial charge in [-0.05, 0) is 12.1 Å². The summed E-state index contributed by atoms with van der Waals surface area (Å²) in [4.78, 5) is 3.62. The van der Waals surface area contributed by atoms with Crippen molar-refractivity contribution in [2.75, 3.05) is 0 Å². The molecule has 0 aromatic carbocycles. The minimum Gasteiger partial charge on any atom is -0.398 e. The number of allylic oxidation sites excluding steroid dienone is 1. The molecule has 0 fully saturated rings. The predicted octanol–water partition coefficient (Wildman–Crippen LogP) is 1.17. The van der Waals surface area contributed by atoms with E-state index in [-0.39, 0.29) is 0 Å². The zero-order valence-corrected chi connectivity index (χ0v) is 6.29. The maximum Gasteiger partial charge on any atom is 0.142 e. The first-order valence-electron chi connectivity index (χ1n) is 3.31. The van der Waals surface area contributed by atoms with Crippen molar-refractivity contribution in [2.24, 2.45) is 5.73 Å². The Kier molecular flexibility index (Phi) is 2.53. The van der Waals surface area contributed by atoms with Gasteiger partial charge in [-0.2, -0.15) is 0 Å². The van der Waals surface area contributed by atoms with Crippen molar-refractivity contribution in [1.29, 1.82) is 5.41 Å². The molecule has 0 atom stereocenters. The van der Waals surface area contributed by atoms with E-state index >= 15 is 0 Å². The summed E-state index contributed by atoms with van der Waals surface area (Å²) in [6, 6.07) is 1.27. The lowest BCUT2D eigenvalue weighted by Gasteiger charge is -1.98. The number of aromatic nitrogens is 1. The second-order valence-electron chi connectivity index (χ2n) is 2.18. The van der Waals surface area contributed by atoms with Crippen LogP contribution in [0.1, 0.15) is 5.56 Å². The monoisotopic (exact) mass is 165 g/mol. The summed E-state index contributed by atoms with van der Waals surface area (Å²) in [5, 5.41) is 6.74. The number of hydrogen-bond acceptors (Lipinski definition) is 3. The zero-order chi connectivity index (χ0) is 8.97. The molecule has 0 radical (unpaired) electrons. The molecule has 3 N–H and O–H groups in total. The third-order valence-electron chi connectivity index (χ3n) is 1.30. The number of hydrogen-bond donors (Lipinski definition) is 2. The van der Waals surface area contributed by atoms with Crippen LogP contribution in [0.4, 0.5) is 4.39 Å². The molecule has 12 heavy (non-hydrogen) atoms. The molecular formula is C8H8FN3. The van der Waals surface area contributed by atoms with Gasteiger partial charge in [-0.15, -0.1) is 0 Å². The van der Waals surface area contributed by atoms with Crippen LogP contribution in [0.2, 0.25) is 0 Å². The number of pyridine rings is 1. The van der Waals surface area contributed by atoms with Gasteiger partial charge in [-0.3, -0.25) is 4.98 Å². The summed E-state index contributed by atoms with van der Waals surface area (Å²) < 4.78 is 12.6. The maximum atomic E-state index is 12.6. The van der Waals surface area contributed by atoms with E-state index in [1.54, 1.807) is 0 Å². The van der Waals surface area contributed by atoms with Crippen LogP contribution in [0.15, 0.2) is 24.5 Å². The van der Waals surface area contributed by atoms with Gasteiger partial charge in [0.25, 0.3) is 0 Å². The molecule has 0 saturated heterocycles. The third kappa shape index (κ3) is 1.88. The highest BCUT2D eigenvalue weighted by Crippen LogP contribution is 2.07. The second-order valence-corrected chi connectivity index (χ2v) is 2.18. The number of nitrogens with zero attached hydrogens (tertiary/aromatic N) is 1. The Labute approximate surface area is 69.2 Å². The van der Waals surface area contributed by atoms with Crippen molar-refractivity contribution in [3.8, 4) is 0 Å². The van der Waals surface area contributed by atoms with E-state index in [4.69, 9.17) is 11.1 Å². The Hall–Kier alpha value is -1.71. The van der Waals surface area contributed by atoms with Gasteiger partial charge in [0, 0.05) is 23.7 Å². The molecule has 1 aromatic rings. The molecule has 1 aromatic heterocycles. The molecule has 0 amide bonds. The number of halogens is 1. The highest BCUT2D eigenvalue weighted by Gasteiger charge is 1.97. The molecule has 0 bridgehead atoms. The van der Waals surface area contributed by atoms with Gasteiger partial charge in [-0.25, -0.2) is 4.39 Å². The zero-order valence-electron chi connectivity index (χ0n) is 6.29. The van der Waals surface area contributed by atoms with E-state index in [1.807, 2.05) is 0 Å². The van der Waals surface area contributed by atoms with Crippen molar-refractivity contribution >= 4 is 11.9 Å². The highest BCUT2D eigenvalue weighted by atomic mass is 19.1. The molecule has 0 saturated carbocycles. The summed E-state index contributed by atoms with van der Waals surface area (Å²) >= 11 is 0. The number of nitrogens with two attached hydrogens (primary N) is 1. The minimum absolute atomic E-state index is 0.331. The quantitative estimate of drug-likeness (QED) is 0.646. The molecule has 0 aliphatic heterocycles. The van der Waals surface area contributed by atoms with Gasteiger partial charge in [0.05, 0.1) is 6.20 Å². The fourth-order valence-electron chi connectivity index (χ4n) is 0.756. The van der Waals surface area contributed by atoms with Gasteiger partial charge >= 0.3 is 0 Å². The third-order valence-corrected chi connectivity index (χ3v) is 1.30. The first kappa shape index (κ1) is 8.39. The molecule has 62 valence electrons. The molecule has 0 aliphatic carbocycles. The molecule has 1 rings (SSSR count). The van der Waals surface area contributed by atoms with Gasteiger partial charge in [0.15, 0.2) is 0 Å². The second kappa shape index (κ2) is 3.61. The summed E-state index contributed by atoms with van der Waals surface area (Å²) in [5.41, 5.74) is 6.29.